The maximum absolute atomic E-state index is 10.1. The summed E-state index contributed by atoms with van der Waals surface area (Å²) in [5.74, 6) is 0.183. The molecule has 0 aromatic heterocycles. The van der Waals surface area contributed by atoms with E-state index in [1.807, 2.05) is 44.2 Å². The maximum atomic E-state index is 10.1. The van der Waals surface area contributed by atoms with E-state index in [2.05, 4.69) is 0 Å². The van der Waals surface area contributed by atoms with E-state index in [0.717, 1.165) is 10.8 Å². The van der Waals surface area contributed by atoms with Gasteiger partial charge in [0.05, 0.1) is 0 Å². The lowest BCUT2D eigenvalue weighted by molar-refractivity contribution is 0.131. The second-order valence-corrected chi connectivity index (χ2v) is 5.34. The quantitative estimate of drug-likeness (QED) is 0.778. The minimum Gasteiger partial charge on any atom is -0.508 e. The van der Waals surface area contributed by atoms with E-state index in [-0.39, 0.29) is 12.4 Å². The molecule has 0 amide bonds. The first-order valence-electron chi connectivity index (χ1n) is 6.04. The highest BCUT2D eigenvalue weighted by Crippen LogP contribution is 2.39. The molecule has 2 aromatic rings. The zero-order valence-corrected chi connectivity index (χ0v) is 10.7. The summed E-state index contributed by atoms with van der Waals surface area (Å²) < 4.78 is 0. The van der Waals surface area contributed by atoms with E-state index >= 15 is 0 Å². The molecule has 0 aliphatic rings. The van der Waals surface area contributed by atoms with Crippen LogP contribution in [0, 0.1) is 5.41 Å². The predicted molar refractivity (Wildman–Crippen MR) is 73.4 cm³/mol. The standard InChI is InChI=1S/C15H19NO2/c1-15(2,9-17)14(16)13-11-6-4-3-5-10(11)7-8-12(13)18/h3-8,14,17-18H,9,16H2,1-2H3/t14-/m0/s1. The van der Waals surface area contributed by atoms with Gasteiger partial charge in [0, 0.05) is 23.6 Å². The second-order valence-electron chi connectivity index (χ2n) is 5.34. The number of hydrogen-bond donors (Lipinski definition) is 3. The first kappa shape index (κ1) is 12.9. The Balaban J connectivity index is 2.66. The molecule has 3 nitrogen and oxygen atoms in total. The number of aliphatic hydroxyl groups excluding tert-OH is 1. The molecular formula is C15H19NO2. The summed E-state index contributed by atoms with van der Waals surface area (Å²) in [6.07, 6.45) is 0. The molecule has 0 unspecified atom stereocenters. The largest absolute Gasteiger partial charge is 0.508 e. The lowest BCUT2D eigenvalue weighted by Crippen LogP contribution is -2.32. The summed E-state index contributed by atoms with van der Waals surface area (Å²) in [6.45, 7) is 3.74. The van der Waals surface area contributed by atoms with E-state index in [1.54, 1.807) is 6.07 Å². The molecule has 2 rings (SSSR count). The van der Waals surface area contributed by atoms with Crippen LogP contribution in [0.15, 0.2) is 36.4 Å². The normalized spacial score (nSPS) is 13.8. The first-order chi connectivity index (χ1) is 8.47. The number of aromatic hydroxyl groups is 1. The van der Waals surface area contributed by atoms with Gasteiger partial charge < -0.3 is 15.9 Å². The third-order valence-corrected chi connectivity index (χ3v) is 3.51. The molecule has 0 fully saturated rings. The Bertz CT molecular complexity index is 563. The van der Waals surface area contributed by atoms with Crippen LogP contribution in [-0.2, 0) is 0 Å². The summed E-state index contributed by atoms with van der Waals surface area (Å²) in [6, 6.07) is 10.9. The van der Waals surface area contributed by atoms with Crippen molar-refractivity contribution in [3.8, 4) is 5.75 Å². The van der Waals surface area contributed by atoms with Crippen LogP contribution in [0.5, 0.6) is 5.75 Å². The van der Waals surface area contributed by atoms with E-state index in [0.29, 0.717) is 5.56 Å². The number of phenols is 1. The highest BCUT2D eigenvalue weighted by molar-refractivity contribution is 5.88. The molecule has 0 heterocycles. The molecule has 0 aliphatic carbocycles. The molecule has 4 N–H and O–H groups in total. The Kier molecular flexibility index (Phi) is 3.28. The summed E-state index contributed by atoms with van der Waals surface area (Å²) in [5, 5.41) is 21.5. The van der Waals surface area contributed by atoms with E-state index in [4.69, 9.17) is 5.73 Å². The van der Waals surface area contributed by atoms with Gasteiger partial charge in [0.2, 0.25) is 0 Å². The van der Waals surface area contributed by atoms with E-state index in [9.17, 15) is 10.2 Å². The van der Waals surface area contributed by atoms with Crippen molar-refractivity contribution in [2.45, 2.75) is 19.9 Å². The molecule has 0 spiro atoms. The summed E-state index contributed by atoms with van der Waals surface area (Å²) in [7, 11) is 0. The zero-order chi connectivity index (χ0) is 13.3. The topological polar surface area (TPSA) is 66.5 Å². The molecule has 0 saturated heterocycles. The maximum Gasteiger partial charge on any atom is 0.121 e. The molecular weight excluding hydrogens is 226 g/mol. The van der Waals surface area contributed by atoms with Gasteiger partial charge in [-0.2, -0.15) is 0 Å². The van der Waals surface area contributed by atoms with Crippen molar-refractivity contribution in [1.82, 2.24) is 0 Å². The fraction of sp³-hybridized carbons (Fsp3) is 0.333. The van der Waals surface area contributed by atoms with Gasteiger partial charge in [0.1, 0.15) is 5.75 Å². The Morgan fingerprint density at radius 1 is 1.17 bits per heavy atom. The predicted octanol–water partition coefficient (Wildman–Crippen LogP) is 2.56. The van der Waals surface area contributed by atoms with Gasteiger partial charge in [-0.3, -0.25) is 0 Å². The molecule has 18 heavy (non-hydrogen) atoms. The second kappa shape index (κ2) is 4.59. The number of benzene rings is 2. The van der Waals surface area contributed by atoms with Gasteiger partial charge in [-0.15, -0.1) is 0 Å². The summed E-state index contributed by atoms with van der Waals surface area (Å²) in [5.41, 5.74) is 6.45. The SMILES string of the molecule is CC(C)(CO)[C@@H](N)c1c(O)ccc2ccccc12. The van der Waals surface area contributed by atoms with Crippen molar-refractivity contribution < 1.29 is 10.2 Å². The van der Waals surface area contributed by atoms with Crippen molar-refractivity contribution in [1.29, 1.82) is 0 Å². The van der Waals surface area contributed by atoms with Crippen LogP contribution in [0.4, 0.5) is 0 Å². The number of phenolic OH excluding ortho intramolecular Hbond substituents is 1. The van der Waals surface area contributed by atoms with E-state index < -0.39 is 11.5 Å². The third-order valence-electron chi connectivity index (χ3n) is 3.51. The average molecular weight is 245 g/mol. The van der Waals surface area contributed by atoms with Gasteiger partial charge in [0.25, 0.3) is 0 Å². The molecule has 2 aromatic carbocycles. The minimum absolute atomic E-state index is 0.0309. The fourth-order valence-electron chi connectivity index (χ4n) is 2.10. The smallest absolute Gasteiger partial charge is 0.121 e. The lowest BCUT2D eigenvalue weighted by atomic mass is 9.80. The lowest BCUT2D eigenvalue weighted by Gasteiger charge is -2.31. The molecule has 0 aliphatic heterocycles. The van der Waals surface area contributed by atoms with Crippen molar-refractivity contribution in [3.63, 3.8) is 0 Å². The molecule has 96 valence electrons. The monoisotopic (exact) mass is 245 g/mol. The van der Waals surface area contributed by atoms with Gasteiger partial charge in [-0.05, 0) is 16.8 Å². The molecule has 1 atom stereocenters. The van der Waals surface area contributed by atoms with Gasteiger partial charge in [-0.25, -0.2) is 0 Å². The summed E-state index contributed by atoms with van der Waals surface area (Å²) >= 11 is 0. The van der Waals surface area contributed by atoms with Crippen LogP contribution in [0.2, 0.25) is 0 Å². The van der Waals surface area contributed by atoms with Crippen LogP contribution >= 0.6 is 0 Å². The fourth-order valence-corrected chi connectivity index (χ4v) is 2.10. The van der Waals surface area contributed by atoms with Crippen LogP contribution in [-0.4, -0.2) is 16.8 Å². The number of nitrogens with two attached hydrogens (primary N) is 1. The van der Waals surface area contributed by atoms with Crippen LogP contribution in [0.1, 0.15) is 25.5 Å². The summed E-state index contributed by atoms with van der Waals surface area (Å²) in [4.78, 5) is 0. The number of rotatable bonds is 3. The van der Waals surface area contributed by atoms with Crippen molar-refractivity contribution in [2.75, 3.05) is 6.61 Å². The number of fused-ring (bicyclic) bond motifs is 1. The Hall–Kier alpha value is -1.58. The zero-order valence-electron chi connectivity index (χ0n) is 10.7. The highest BCUT2D eigenvalue weighted by atomic mass is 16.3. The molecule has 0 bridgehead atoms. The van der Waals surface area contributed by atoms with Crippen LogP contribution in [0.25, 0.3) is 10.8 Å². The Morgan fingerprint density at radius 2 is 1.83 bits per heavy atom. The van der Waals surface area contributed by atoms with E-state index in [1.165, 1.54) is 0 Å². The highest BCUT2D eigenvalue weighted by Gasteiger charge is 2.30. The minimum atomic E-state index is -0.485. The van der Waals surface area contributed by atoms with Crippen LogP contribution < -0.4 is 5.73 Å². The Morgan fingerprint density at radius 3 is 2.50 bits per heavy atom. The molecule has 0 saturated carbocycles. The van der Waals surface area contributed by atoms with Crippen molar-refractivity contribution >= 4 is 10.8 Å². The number of hydrogen-bond acceptors (Lipinski definition) is 3. The van der Waals surface area contributed by atoms with Crippen LogP contribution in [0.3, 0.4) is 0 Å². The Labute approximate surface area is 107 Å². The van der Waals surface area contributed by atoms with Gasteiger partial charge in [0.15, 0.2) is 0 Å². The molecule has 3 heteroatoms. The third kappa shape index (κ3) is 2.07. The number of aliphatic hydroxyl groups is 1. The van der Waals surface area contributed by atoms with Gasteiger partial charge in [-0.1, -0.05) is 44.2 Å². The molecule has 0 radical (unpaired) electrons. The van der Waals surface area contributed by atoms with Crippen molar-refractivity contribution in [2.24, 2.45) is 11.1 Å². The average Bonchev–Trinajstić information content (AvgIpc) is 2.38. The van der Waals surface area contributed by atoms with Crippen molar-refractivity contribution in [3.05, 3.63) is 42.0 Å². The first-order valence-corrected chi connectivity index (χ1v) is 6.04. The van der Waals surface area contributed by atoms with Gasteiger partial charge >= 0.3 is 0 Å².